The van der Waals surface area contributed by atoms with Gasteiger partial charge < -0.3 is 11.1 Å². The summed E-state index contributed by atoms with van der Waals surface area (Å²) in [6.45, 7) is 6.43. The molecule has 1 heterocycles. The highest BCUT2D eigenvalue weighted by Gasteiger charge is 2.15. The van der Waals surface area contributed by atoms with E-state index in [2.05, 4.69) is 15.3 Å². The fourth-order valence-corrected chi connectivity index (χ4v) is 2.20. The molecule has 1 aromatic heterocycles. The number of nitrogens with zero attached hydrogens (tertiary/aromatic N) is 2. The highest BCUT2D eigenvalue weighted by atomic mass is 35.5. The minimum Gasteiger partial charge on any atom is -0.399 e. The summed E-state index contributed by atoms with van der Waals surface area (Å²) in [6, 6.07) is 7.66. The lowest BCUT2D eigenvalue weighted by Crippen LogP contribution is -2.27. The van der Waals surface area contributed by atoms with E-state index in [9.17, 15) is 4.79 Å². The van der Waals surface area contributed by atoms with Crippen molar-refractivity contribution in [3.8, 4) is 0 Å². The molecule has 0 fully saturated rings. The van der Waals surface area contributed by atoms with Crippen molar-refractivity contribution in [1.29, 1.82) is 0 Å². The van der Waals surface area contributed by atoms with Crippen LogP contribution in [0.2, 0.25) is 0 Å². The van der Waals surface area contributed by atoms with Gasteiger partial charge in [0.05, 0.1) is 11.3 Å². The minimum absolute atomic E-state index is 0. The molecule has 3 N–H and O–H groups in total. The number of hydrogen-bond donors (Lipinski definition) is 2. The van der Waals surface area contributed by atoms with Gasteiger partial charge in [0.25, 0.3) is 5.91 Å². The van der Waals surface area contributed by atoms with Gasteiger partial charge in [-0.3, -0.25) is 4.79 Å². The molecule has 5 nitrogen and oxygen atoms in total. The summed E-state index contributed by atoms with van der Waals surface area (Å²) in [7, 11) is 0. The third-order valence-corrected chi connectivity index (χ3v) is 3.41. The normalized spacial score (nSPS) is 10.3. The van der Waals surface area contributed by atoms with Crippen LogP contribution in [0.1, 0.15) is 47.2 Å². The first-order chi connectivity index (χ1) is 10.5. The lowest BCUT2D eigenvalue weighted by atomic mass is 10.0. The second-order valence-corrected chi connectivity index (χ2v) is 5.62. The third-order valence-electron chi connectivity index (χ3n) is 3.41. The Labute approximate surface area is 143 Å². The molecule has 124 valence electrons. The number of carbonyl (C=O) groups excluding carboxylic acids is 1. The summed E-state index contributed by atoms with van der Waals surface area (Å²) in [4.78, 5) is 20.8. The van der Waals surface area contributed by atoms with E-state index in [1.165, 1.54) is 0 Å². The van der Waals surface area contributed by atoms with Crippen LogP contribution in [0.3, 0.4) is 0 Å². The number of nitrogen functional groups attached to an aromatic ring is 1. The first-order valence-corrected chi connectivity index (χ1v) is 7.43. The maximum atomic E-state index is 12.3. The summed E-state index contributed by atoms with van der Waals surface area (Å²) in [5.41, 5.74) is 8.88. The van der Waals surface area contributed by atoms with Crippen molar-refractivity contribution in [2.45, 2.75) is 33.1 Å². The lowest BCUT2D eigenvalue weighted by molar-refractivity contribution is 0.0952. The topological polar surface area (TPSA) is 80.9 Å². The SMILES string of the molecule is Cc1ncc(C(=O)NCCc2ccc(N)cc2)c(C(C)C)n1.Cl. The van der Waals surface area contributed by atoms with Gasteiger partial charge in [0.2, 0.25) is 0 Å². The number of aromatic nitrogens is 2. The summed E-state index contributed by atoms with van der Waals surface area (Å²) < 4.78 is 0. The van der Waals surface area contributed by atoms with Gasteiger partial charge in [0.1, 0.15) is 5.82 Å². The first-order valence-electron chi connectivity index (χ1n) is 7.43. The fraction of sp³-hybridized carbons (Fsp3) is 0.353. The number of nitrogens with one attached hydrogen (secondary N) is 1. The van der Waals surface area contributed by atoms with Crippen molar-refractivity contribution < 1.29 is 4.79 Å². The molecule has 0 atom stereocenters. The van der Waals surface area contributed by atoms with Gasteiger partial charge in [-0.05, 0) is 37.0 Å². The monoisotopic (exact) mass is 334 g/mol. The maximum absolute atomic E-state index is 12.3. The van der Waals surface area contributed by atoms with Crippen molar-refractivity contribution in [1.82, 2.24) is 15.3 Å². The third kappa shape index (κ3) is 5.21. The molecular weight excluding hydrogens is 312 g/mol. The molecule has 1 aromatic carbocycles. The molecule has 0 saturated carbocycles. The van der Waals surface area contributed by atoms with Gasteiger partial charge in [-0.2, -0.15) is 0 Å². The number of rotatable bonds is 5. The van der Waals surface area contributed by atoms with Crippen molar-refractivity contribution in [2.24, 2.45) is 0 Å². The maximum Gasteiger partial charge on any atom is 0.254 e. The van der Waals surface area contributed by atoms with Gasteiger partial charge in [0, 0.05) is 18.4 Å². The van der Waals surface area contributed by atoms with Crippen LogP contribution in [0.25, 0.3) is 0 Å². The highest BCUT2D eigenvalue weighted by molar-refractivity contribution is 5.95. The molecule has 0 aliphatic rings. The zero-order valence-corrected chi connectivity index (χ0v) is 14.5. The standard InChI is InChI=1S/C17H22N4O.ClH/c1-11(2)16-15(10-20-12(3)21-16)17(22)19-9-8-13-4-6-14(18)7-5-13;/h4-7,10-11H,8-9,18H2,1-3H3,(H,19,22);1H. The van der Waals surface area contributed by atoms with E-state index in [1.807, 2.05) is 45.0 Å². The van der Waals surface area contributed by atoms with E-state index >= 15 is 0 Å². The number of carbonyl (C=O) groups is 1. The van der Waals surface area contributed by atoms with Gasteiger partial charge in [0.15, 0.2) is 0 Å². The summed E-state index contributed by atoms with van der Waals surface area (Å²) in [5.74, 6) is 0.737. The van der Waals surface area contributed by atoms with Crippen LogP contribution < -0.4 is 11.1 Å². The van der Waals surface area contributed by atoms with E-state index in [-0.39, 0.29) is 24.2 Å². The molecule has 6 heteroatoms. The Hall–Kier alpha value is -2.14. The number of nitrogens with two attached hydrogens (primary N) is 1. The molecule has 0 radical (unpaired) electrons. The Morgan fingerprint density at radius 1 is 1.26 bits per heavy atom. The van der Waals surface area contributed by atoms with E-state index in [0.717, 1.165) is 23.4 Å². The molecule has 0 saturated heterocycles. The summed E-state index contributed by atoms with van der Waals surface area (Å²) >= 11 is 0. The van der Waals surface area contributed by atoms with Crippen LogP contribution in [0.5, 0.6) is 0 Å². The quantitative estimate of drug-likeness (QED) is 0.824. The Bertz CT molecular complexity index is 656. The predicted molar refractivity (Wildman–Crippen MR) is 95.0 cm³/mol. The highest BCUT2D eigenvalue weighted by Crippen LogP contribution is 2.16. The van der Waals surface area contributed by atoms with Crippen LogP contribution in [0.4, 0.5) is 5.69 Å². The first kappa shape index (κ1) is 18.9. The molecule has 2 aromatic rings. The molecule has 0 spiro atoms. The zero-order chi connectivity index (χ0) is 16.1. The van der Waals surface area contributed by atoms with E-state index in [0.29, 0.717) is 17.9 Å². The summed E-state index contributed by atoms with van der Waals surface area (Å²) in [5, 5.41) is 2.93. The van der Waals surface area contributed by atoms with E-state index in [1.54, 1.807) is 6.20 Å². The van der Waals surface area contributed by atoms with Crippen LogP contribution in [0.15, 0.2) is 30.5 Å². The second kappa shape index (κ2) is 8.48. The van der Waals surface area contributed by atoms with Crippen LogP contribution >= 0.6 is 12.4 Å². The number of halogens is 1. The largest absolute Gasteiger partial charge is 0.399 e. The molecule has 23 heavy (non-hydrogen) atoms. The van der Waals surface area contributed by atoms with Crippen LogP contribution in [-0.4, -0.2) is 22.4 Å². The Morgan fingerprint density at radius 3 is 2.52 bits per heavy atom. The van der Waals surface area contributed by atoms with Crippen molar-refractivity contribution in [3.05, 3.63) is 53.1 Å². The number of amides is 1. The Kier molecular flexibility index (Phi) is 6.97. The van der Waals surface area contributed by atoms with E-state index < -0.39 is 0 Å². The van der Waals surface area contributed by atoms with Gasteiger partial charge in [-0.1, -0.05) is 26.0 Å². The van der Waals surface area contributed by atoms with Crippen LogP contribution in [0, 0.1) is 6.92 Å². The second-order valence-electron chi connectivity index (χ2n) is 5.62. The van der Waals surface area contributed by atoms with E-state index in [4.69, 9.17) is 5.73 Å². The average Bonchev–Trinajstić information content (AvgIpc) is 2.49. The molecule has 0 bridgehead atoms. The fourth-order valence-electron chi connectivity index (χ4n) is 2.20. The molecule has 2 rings (SSSR count). The lowest BCUT2D eigenvalue weighted by Gasteiger charge is -2.12. The zero-order valence-electron chi connectivity index (χ0n) is 13.7. The Balaban J connectivity index is 0.00000264. The molecule has 0 unspecified atom stereocenters. The Morgan fingerprint density at radius 2 is 1.91 bits per heavy atom. The van der Waals surface area contributed by atoms with Gasteiger partial charge in [-0.15, -0.1) is 12.4 Å². The van der Waals surface area contributed by atoms with Crippen molar-refractivity contribution in [3.63, 3.8) is 0 Å². The smallest absolute Gasteiger partial charge is 0.254 e. The summed E-state index contributed by atoms with van der Waals surface area (Å²) in [6.07, 6.45) is 2.37. The number of benzene rings is 1. The van der Waals surface area contributed by atoms with Gasteiger partial charge >= 0.3 is 0 Å². The van der Waals surface area contributed by atoms with Gasteiger partial charge in [-0.25, -0.2) is 9.97 Å². The number of anilines is 1. The van der Waals surface area contributed by atoms with Crippen molar-refractivity contribution in [2.75, 3.05) is 12.3 Å². The predicted octanol–water partition coefficient (Wildman–Crippen LogP) is 2.88. The average molecular weight is 335 g/mol. The van der Waals surface area contributed by atoms with Crippen molar-refractivity contribution >= 4 is 24.0 Å². The molecule has 1 amide bonds. The molecule has 0 aliphatic heterocycles. The number of hydrogen-bond acceptors (Lipinski definition) is 4. The number of aryl methyl sites for hydroxylation is 1. The van der Waals surface area contributed by atoms with Crippen LogP contribution in [-0.2, 0) is 6.42 Å². The minimum atomic E-state index is -0.126. The molecular formula is C17H23ClN4O. The molecule has 0 aliphatic carbocycles.